The minimum Gasteiger partial charge on any atom is -0.0952 e. The molecular formula is C14H20. The van der Waals surface area contributed by atoms with Crippen LogP contribution in [0.1, 0.15) is 50.7 Å². The summed E-state index contributed by atoms with van der Waals surface area (Å²) in [6.45, 7) is 10.4. The van der Waals surface area contributed by atoms with Gasteiger partial charge in [0.1, 0.15) is 0 Å². The molecule has 0 saturated carbocycles. The highest BCUT2D eigenvalue weighted by Gasteiger charge is 2.17. The third-order valence-electron chi connectivity index (χ3n) is 2.75. The van der Waals surface area contributed by atoms with Crippen LogP contribution in [0.5, 0.6) is 0 Å². The molecule has 0 N–H and O–H groups in total. The molecule has 0 spiro atoms. The molecule has 0 aromatic heterocycles. The molecule has 14 heavy (non-hydrogen) atoms. The first-order valence-electron chi connectivity index (χ1n) is 5.56. The van der Waals surface area contributed by atoms with E-state index in [-0.39, 0.29) is 0 Å². The van der Waals surface area contributed by atoms with Gasteiger partial charge < -0.3 is 0 Å². The quantitative estimate of drug-likeness (QED) is 0.557. The number of fused-ring (bicyclic) bond motifs is 1. The summed E-state index contributed by atoms with van der Waals surface area (Å²) in [5.41, 5.74) is 4.17. The van der Waals surface area contributed by atoms with Gasteiger partial charge in [0.2, 0.25) is 0 Å². The summed E-state index contributed by atoms with van der Waals surface area (Å²) >= 11 is 0. The Labute approximate surface area is 87.7 Å². The second-order valence-electron chi connectivity index (χ2n) is 3.63. The van der Waals surface area contributed by atoms with E-state index in [9.17, 15) is 0 Å². The minimum atomic E-state index is 0.715. The lowest BCUT2D eigenvalue weighted by Gasteiger charge is -2.23. The molecule has 1 unspecified atom stereocenters. The Kier molecular flexibility index (Phi) is 3.94. The van der Waals surface area contributed by atoms with Crippen molar-refractivity contribution in [3.05, 3.63) is 42.0 Å². The van der Waals surface area contributed by atoms with E-state index in [1.54, 1.807) is 0 Å². The van der Waals surface area contributed by atoms with E-state index in [4.69, 9.17) is 0 Å². The first-order valence-corrected chi connectivity index (χ1v) is 5.56. The van der Waals surface area contributed by atoms with Crippen LogP contribution in [0.2, 0.25) is 0 Å². The van der Waals surface area contributed by atoms with Crippen molar-refractivity contribution in [3.8, 4) is 0 Å². The summed E-state index contributed by atoms with van der Waals surface area (Å²) in [4.78, 5) is 0. The molecule has 1 aliphatic rings. The summed E-state index contributed by atoms with van der Waals surface area (Å²) in [6.07, 6.45) is 2.42. The third kappa shape index (κ3) is 2.06. The van der Waals surface area contributed by atoms with Crippen molar-refractivity contribution < 1.29 is 0 Å². The largest absolute Gasteiger partial charge is 0.0952 e. The molecule has 1 aromatic carbocycles. The average molecular weight is 188 g/mol. The van der Waals surface area contributed by atoms with Crippen LogP contribution in [0.3, 0.4) is 0 Å². The third-order valence-corrected chi connectivity index (χ3v) is 2.75. The zero-order valence-corrected chi connectivity index (χ0v) is 9.51. The first kappa shape index (κ1) is 11.0. The molecule has 1 aliphatic carbocycles. The maximum absolute atomic E-state index is 4.09. The van der Waals surface area contributed by atoms with Crippen molar-refractivity contribution in [1.82, 2.24) is 0 Å². The fourth-order valence-corrected chi connectivity index (χ4v) is 1.93. The van der Waals surface area contributed by atoms with Crippen LogP contribution in [0.25, 0.3) is 5.57 Å². The molecular weight excluding hydrogens is 168 g/mol. The number of benzene rings is 1. The van der Waals surface area contributed by atoms with Crippen LogP contribution < -0.4 is 0 Å². The minimum absolute atomic E-state index is 0.715. The molecule has 0 aliphatic heterocycles. The number of allylic oxidation sites excluding steroid dienone is 1. The van der Waals surface area contributed by atoms with E-state index in [0.29, 0.717) is 5.92 Å². The van der Waals surface area contributed by atoms with Crippen molar-refractivity contribution in [2.75, 3.05) is 0 Å². The van der Waals surface area contributed by atoms with Gasteiger partial charge in [-0.25, -0.2) is 0 Å². The number of hydrogen-bond acceptors (Lipinski definition) is 0. The van der Waals surface area contributed by atoms with Gasteiger partial charge in [-0.05, 0) is 35.5 Å². The smallest absolute Gasteiger partial charge is 0.0181 e. The van der Waals surface area contributed by atoms with E-state index in [2.05, 4.69) is 37.8 Å². The van der Waals surface area contributed by atoms with Gasteiger partial charge in [0.15, 0.2) is 0 Å². The van der Waals surface area contributed by atoms with E-state index in [1.165, 1.54) is 23.1 Å². The molecule has 0 heterocycles. The number of hydrogen-bond donors (Lipinski definition) is 0. The Balaban J connectivity index is 0.000000461. The van der Waals surface area contributed by atoms with Crippen LogP contribution in [0, 0.1) is 0 Å². The van der Waals surface area contributed by atoms with Crippen molar-refractivity contribution >= 4 is 5.57 Å². The molecule has 0 heteroatoms. The second-order valence-corrected chi connectivity index (χ2v) is 3.63. The number of rotatable bonds is 0. The second kappa shape index (κ2) is 4.99. The monoisotopic (exact) mass is 188 g/mol. The van der Waals surface area contributed by atoms with Crippen LogP contribution in [0.4, 0.5) is 0 Å². The van der Waals surface area contributed by atoms with Gasteiger partial charge >= 0.3 is 0 Å². The van der Waals surface area contributed by atoms with E-state index in [1.807, 2.05) is 13.8 Å². The first-order chi connectivity index (χ1) is 6.79. The van der Waals surface area contributed by atoms with Crippen molar-refractivity contribution in [3.63, 3.8) is 0 Å². The summed E-state index contributed by atoms with van der Waals surface area (Å²) in [5, 5.41) is 0. The SMILES string of the molecule is C=C1CCC(C)c2ccccc21.CC. The lowest BCUT2D eigenvalue weighted by atomic mass is 9.82. The van der Waals surface area contributed by atoms with Crippen molar-refractivity contribution in [1.29, 1.82) is 0 Å². The standard InChI is InChI=1S/C12H14.C2H6/c1-9-7-8-10(2)12-6-4-3-5-11(9)12;1-2/h3-6,10H,1,7-8H2,2H3;1-2H3. The molecule has 0 nitrogen and oxygen atoms in total. The molecule has 1 aromatic rings. The zero-order valence-electron chi connectivity index (χ0n) is 9.51. The topological polar surface area (TPSA) is 0 Å². The lowest BCUT2D eigenvalue weighted by Crippen LogP contribution is -2.04. The van der Waals surface area contributed by atoms with Gasteiger partial charge in [0, 0.05) is 0 Å². The molecule has 1 atom stereocenters. The normalized spacial score (nSPS) is 19.4. The Hall–Kier alpha value is -1.04. The van der Waals surface area contributed by atoms with Crippen LogP contribution in [-0.4, -0.2) is 0 Å². The maximum Gasteiger partial charge on any atom is -0.0181 e. The lowest BCUT2D eigenvalue weighted by molar-refractivity contribution is 0.675. The summed E-state index contributed by atoms with van der Waals surface area (Å²) in [6, 6.07) is 8.63. The molecule has 0 amide bonds. The van der Waals surface area contributed by atoms with Gasteiger partial charge in [-0.3, -0.25) is 0 Å². The van der Waals surface area contributed by atoms with Gasteiger partial charge in [-0.15, -0.1) is 0 Å². The average Bonchev–Trinajstić information content (AvgIpc) is 2.27. The summed E-state index contributed by atoms with van der Waals surface area (Å²) in [7, 11) is 0. The highest BCUT2D eigenvalue weighted by atomic mass is 14.2. The van der Waals surface area contributed by atoms with E-state index in [0.717, 1.165) is 6.42 Å². The predicted molar refractivity (Wildman–Crippen MR) is 64.5 cm³/mol. The zero-order chi connectivity index (χ0) is 10.6. The molecule has 0 radical (unpaired) electrons. The van der Waals surface area contributed by atoms with Gasteiger partial charge in [-0.2, -0.15) is 0 Å². The molecule has 0 bridgehead atoms. The van der Waals surface area contributed by atoms with E-state index >= 15 is 0 Å². The summed E-state index contributed by atoms with van der Waals surface area (Å²) < 4.78 is 0. The highest BCUT2D eigenvalue weighted by molar-refractivity contribution is 5.68. The molecule has 0 fully saturated rings. The molecule has 76 valence electrons. The Bertz CT molecular complexity index is 310. The highest BCUT2D eigenvalue weighted by Crippen LogP contribution is 2.36. The van der Waals surface area contributed by atoms with Gasteiger partial charge in [0.05, 0.1) is 0 Å². The Morgan fingerprint density at radius 1 is 1.21 bits per heavy atom. The predicted octanol–water partition coefficient (Wildman–Crippen LogP) is 4.62. The maximum atomic E-state index is 4.09. The fourth-order valence-electron chi connectivity index (χ4n) is 1.93. The summed E-state index contributed by atoms with van der Waals surface area (Å²) in [5.74, 6) is 0.715. The van der Waals surface area contributed by atoms with Crippen LogP contribution in [-0.2, 0) is 0 Å². The van der Waals surface area contributed by atoms with Crippen LogP contribution >= 0.6 is 0 Å². The Morgan fingerprint density at radius 2 is 1.86 bits per heavy atom. The van der Waals surface area contributed by atoms with Gasteiger partial charge in [0.25, 0.3) is 0 Å². The van der Waals surface area contributed by atoms with Crippen molar-refractivity contribution in [2.24, 2.45) is 0 Å². The molecule has 2 rings (SSSR count). The fraction of sp³-hybridized carbons (Fsp3) is 0.429. The van der Waals surface area contributed by atoms with E-state index < -0.39 is 0 Å². The van der Waals surface area contributed by atoms with Crippen LogP contribution in [0.15, 0.2) is 30.8 Å². The van der Waals surface area contributed by atoms with Gasteiger partial charge in [-0.1, -0.05) is 51.6 Å². The van der Waals surface area contributed by atoms with Crippen molar-refractivity contribution in [2.45, 2.75) is 39.5 Å². The molecule has 0 saturated heterocycles. The Morgan fingerprint density at radius 3 is 2.50 bits per heavy atom.